The fraction of sp³-hybridized carbons (Fsp3) is 0.348. The van der Waals surface area contributed by atoms with Crippen LogP contribution in [0.3, 0.4) is 0 Å². The van der Waals surface area contributed by atoms with E-state index in [1.54, 1.807) is 6.07 Å². The largest absolute Gasteiger partial charge is 0.493 e. The van der Waals surface area contributed by atoms with Gasteiger partial charge in [-0.05, 0) is 32.4 Å². The molecule has 3 N–H and O–H groups in total. The number of aromatic nitrogens is 2. The fourth-order valence-corrected chi connectivity index (χ4v) is 4.45. The van der Waals surface area contributed by atoms with Gasteiger partial charge in [0.05, 0.1) is 30.2 Å². The lowest BCUT2D eigenvalue weighted by Gasteiger charge is -2.41. The van der Waals surface area contributed by atoms with Gasteiger partial charge in [0.15, 0.2) is 17.0 Å². The number of halogens is 2. The maximum absolute atomic E-state index is 14.5. The average Bonchev–Trinajstić information content (AvgIpc) is 2.74. The van der Waals surface area contributed by atoms with E-state index >= 15 is 0 Å². The minimum Gasteiger partial charge on any atom is -0.493 e. The van der Waals surface area contributed by atoms with Crippen LogP contribution in [0.25, 0.3) is 10.9 Å². The highest BCUT2D eigenvalue weighted by Crippen LogP contribution is 2.47. The van der Waals surface area contributed by atoms with Gasteiger partial charge in [-0.2, -0.15) is 4.39 Å². The van der Waals surface area contributed by atoms with Crippen LogP contribution in [-0.2, 0) is 4.74 Å². The van der Waals surface area contributed by atoms with Crippen molar-refractivity contribution in [2.75, 3.05) is 13.7 Å². The fourth-order valence-electron chi connectivity index (χ4n) is 4.45. The molecule has 1 aliphatic rings. The van der Waals surface area contributed by atoms with Crippen LogP contribution in [0.5, 0.6) is 5.75 Å². The van der Waals surface area contributed by atoms with Crippen LogP contribution in [0, 0.1) is 11.6 Å². The molecule has 1 fully saturated rings. The summed E-state index contributed by atoms with van der Waals surface area (Å²) in [5.41, 5.74) is 5.72. The Morgan fingerprint density at radius 3 is 2.72 bits per heavy atom. The number of H-pyrrole nitrogens is 1. The van der Waals surface area contributed by atoms with Crippen molar-refractivity contribution in [3.63, 3.8) is 0 Å². The number of aromatic amines is 1. The van der Waals surface area contributed by atoms with Crippen molar-refractivity contribution >= 4 is 16.8 Å². The van der Waals surface area contributed by atoms with E-state index in [2.05, 4.69) is 9.97 Å². The maximum Gasteiger partial charge on any atom is 0.268 e. The predicted octanol–water partition coefficient (Wildman–Crippen LogP) is 3.38. The van der Waals surface area contributed by atoms with E-state index in [4.69, 9.17) is 15.2 Å². The number of hydrogen-bond donors (Lipinski definition) is 2. The highest BCUT2D eigenvalue weighted by atomic mass is 19.2. The summed E-state index contributed by atoms with van der Waals surface area (Å²) in [5, 5.41) is 0.0998. The summed E-state index contributed by atoms with van der Waals surface area (Å²) in [5.74, 6) is -3.75. The van der Waals surface area contributed by atoms with E-state index in [-0.39, 0.29) is 35.3 Å². The second kappa shape index (κ2) is 7.98. The van der Waals surface area contributed by atoms with Crippen LogP contribution in [0.4, 0.5) is 8.78 Å². The Morgan fingerprint density at radius 1 is 1.28 bits per heavy atom. The summed E-state index contributed by atoms with van der Waals surface area (Å²) < 4.78 is 39.6. The number of pyridine rings is 2. The number of nitrogens with one attached hydrogen (secondary N) is 1. The molecular weight excluding hydrogens is 420 g/mol. The molecule has 9 heteroatoms. The Bertz CT molecular complexity index is 1270. The monoisotopic (exact) mass is 443 g/mol. The van der Waals surface area contributed by atoms with Crippen molar-refractivity contribution in [1.29, 1.82) is 0 Å². The van der Waals surface area contributed by atoms with Crippen molar-refractivity contribution in [3.05, 3.63) is 69.3 Å². The zero-order chi connectivity index (χ0) is 23.2. The molecule has 0 spiro atoms. The van der Waals surface area contributed by atoms with Gasteiger partial charge < -0.3 is 20.2 Å². The first-order valence-corrected chi connectivity index (χ1v) is 10.1. The topological polar surface area (TPSA) is 107 Å². The third-order valence-electron chi connectivity index (χ3n) is 5.93. The molecule has 168 valence electrons. The van der Waals surface area contributed by atoms with Crippen LogP contribution >= 0.6 is 0 Å². The molecule has 1 aromatic carbocycles. The lowest BCUT2D eigenvalue weighted by atomic mass is 9.75. The number of carbonyl (C=O) groups excluding carboxylic acids is 1. The highest BCUT2D eigenvalue weighted by Gasteiger charge is 2.40. The summed E-state index contributed by atoms with van der Waals surface area (Å²) in [4.78, 5) is 31.7. The molecule has 3 heterocycles. The van der Waals surface area contributed by atoms with Gasteiger partial charge in [0.2, 0.25) is 5.82 Å². The van der Waals surface area contributed by atoms with Gasteiger partial charge in [-0.3, -0.25) is 14.6 Å². The summed E-state index contributed by atoms with van der Waals surface area (Å²) in [6, 6.07) is 5.53. The van der Waals surface area contributed by atoms with Crippen LogP contribution in [0.1, 0.15) is 53.8 Å². The zero-order valence-corrected chi connectivity index (χ0v) is 17.9. The number of nitrogens with zero attached hydrogens (tertiary/aromatic N) is 1. The van der Waals surface area contributed by atoms with E-state index in [1.807, 2.05) is 13.8 Å². The summed E-state index contributed by atoms with van der Waals surface area (Å²) >= 11 is 0. The number of benzene rings is 1. The predicted molar refractivity (Wildman–Crippen MR) is 114 cm³/mol. The lowest BCUT2D eigenvalue weighted by Crippen LogP contribution is -2.38. The van der Waals surface area contributed by atoms with E-state index < -0.39 is 28.6 Å². The van der Waals surface area contributed by atoms with Gasteiger partial charge in [-0.1, -0.05) is 6.07 Å². The first-order chi connectivity index (χ1) is 15.1. The molecule has 0 saturated carbocycles. The number of nitrogens with two attached hydrogens (primary N) is 1. The molecule has 0 unspecified atom stereocenters. The van der Waals surface area contributed by atoms with E-state index in [1.165, 1.54) is 25.4 Å². The minimum atomic E-state index is -1.06. The molecule has 1 saturated heterocycles. The Hall–Kier alpha value is -3.33. The highest BCUT2D eigenvalue weighted by molar-refractivity contribution is 6.03. The standard InChI is InChI=1S/C23H23F2N3O4/c1-23(2)9-12(11-4-5-14(24)19(25)21(11)31-3)13(10-32-23)16-8-17(29)18-15(28-16)6-7-27-20(18)22(26)30/h4-8,12-13H,9-10H2,1-3H3,(H2,26,30)(H,28,29)/t12-,13+/m1/s1. The number of fused-ring (bicyclic) bond motifs is 1. The van der Waals surface area contributed by atoms with Crippen molar-refractivity contribution < 1.29 is 23.0 Å². The van der Waals surface area contributed by atoms with Gasteiger partial charge in [-0.15, -0.1) is 0 Å². The molecule has 0 radical (unpaired) electrons. The third-order valence-corrected chi connectivity index (χ3v) is 5.93. The third kappa shape index (κ3) is 3.73. The van der Waals surface area contributed by atoms with Crippen molar-refractivity contribution in [2.24, 2.45) is 5.73 Å². The second-order valence-electron chi connectivity index (χ2n) is 8.51. The Kier molecular flexibility index (Phi) is 5.46. The zero-order valence-electron chi connectivity index (χ0n) is 17.9. The van der Waals surface area contributed by atoms with Crippen LogP contribution in [0.15, 0.2) is 35.3 Å². The summed E-state index contributed by atoms with van der Waals surface area (Å²) in [7, 11) is 1.29. The minimum absolute atomic E-state index is 0.0998. The normalized spacial score (nSPS) is 20.3. The average molecular weight is 443 g/mol. The molecule has 0 aliphatic carbocycles. The molecular formula is C23H23F2N3O4. The molecule has 4 rings (SSSR count). The van der Waals surface area contributed by atoms with E-state index in [9.17, 15) is 18.4 Å². The Morgan fingerprint density at radius 2 is 2.03 bits per heavy atom. The molecule has 3 aromatic rings. The first-order valence-electron chi connectivity index (χ1n) is 10.1. The van der Waals surface area contributed by atoms with E-state index in [0.717, 1.165) is 6.07 Å². The van der Waals surface area contributed by atoms with Crippen LogP contribution in [-0.4, -0.2) is 35.2 Å². The van der Waals surface area contributed by atoms with Gasteiger partial charge in [0.1, 0.15) is 5.69 Å². The van der Waals surface area contributed by atoms with Gasteiger partial charge in [-0.25, -0.2) is 4.39 Å². The van der Waals surface area contributed by atoms with Crippen LogP contribution in [0.2, 0.25) is 0 Å². The first kappa shape index (κ1) is 21.9. The summed E-state index contributed by atoms with van der Waals surface area (Å²) in [6.07, 6.45) is 1.86. The molecule has 32 heavy (non-hydrogen) atoms. The van der Waals surface area contributed by atoms with E-state index in [0.29, 0.717) is 23.2 Å². The quantitative estimate of drug-likeness (QED) is 0.643. The van der Waals surface area contributed by atoms with Crippen molar-refractivity contribution in [3.8, 4) is 5.75 Å². The number of hydrogen-bond acceptors (Lipinski definition) is 5. The number of methoxy groups -OCH3 is 1. The molecule has 0 bridgehead atoms. The number of rotatable bonds is 4. The smallest absolute Gasteiger partial charge is 0.268 e. The van der Waals surface area contributed by atoms with Gasteiger partial charge in [0, 0.05) is 35.4 Å². The molecule has 7 nitrogen and oxygen atoms in total. The maximum atomic E-state index is 14.5. The second-order valence-corrected chi connectivity index (χ2v) is 8.51. The Balaban J connectivity index is 1.89. The lowest BCUT2D eigenvalue weighted by molar-refractivity contribution is -0.0707. The number of primary amides is 1. The van der Waals surface area contributed by atoms with Gasteiger partial charge >= 0.3 is 0 Å². The molecule has 2 atom stereocenters. The Labute approximate surface area is 182 Å². The summed E-state index contributed by atoms with van der Waals surface area (Å²) in [6.45, 7) is 4.06. The molecule has 2 aromatic heterocycles. The molecule has 1 amide bonds. The number of ether oxygens (including phenoxy) is 2. The van der Waals surface area contributed by atoms with Crippen molar-refractivity contribution in [2.45, 2.75) is 37.7 Å². The molecule has 1 aliphatic heterocycles. The van der Waals surface area contributed by atoms with Crippen molar-refractivity contribution in [1.82, 2.24) is 9.97 Å². The van der Waals surface area contributed by atoms with Crippen LogP contribution < -0.4 is 15.9 Å². The number of amides is 1. The van der Waals surface area contributed by atoms with Gasteiger partial charge in [0.25, 0.3) is 5.91 Å². The number of carbonyl (C=O) groups is 1. The SMILES string of the molecule is COc1c([C@H]2CC(C)(C)OC[C@@H]2c2cc(=O)c3c(C(N)=O)nccc3[nH]2)ccc(F)c1F.